The second kappa shape index (κ2) is 5.92. The van der Waals surface area contributed by atoms with E-state index >= 15 is 0 Å². The molecule has 2 fully saturated rings. The van der Waals surface area contributed by atoms with Gasteiger partial charge in [0.15, 0.2) is 0 Å². The van der Waals surface area contributed by atoms with E-state index in [-0.39, 0.29) is 5.60 Å². The lowest BCUT2D eigenvalue weighted by atomic mass is 9.92. The van der Waals surface area contributed by atoms with Crippen molar-refractivity contribution in [1.82, 2.24) is 19.0 Å². The molecule has 124 valence electrons. The van der Waals surface area contributed by atoms with Gasteiger partial charge in [-0.05, 0) is 12.8 Å². The molecule has 0 amide bonds. The largest absolute Gasteiger partial charge is 0.371 e. The highest BCUT2D eigenvalue weighted by molar-refractivity contribution is 7.88. The van der Waals surface area contributed by atoms with Crippen molar-refractivity contribution in [1.29, 1.82) is 0 Å². The Morgan fingerprint density at radius 3 is 2.86 bits per heavy atom. The second-order valence-corrected chi connectivity index (χ2v) is 8.45. The minimum Gasteiger partial charge on any atom is -0.371 e. The van der Waals surface area contributed by atoms with E-state index in [0.717, 1.165) is 32.5 Å². The summed E-state index contributed by atoms with van der Waals surface area (Å²) in [6.07, 6.45) is 6.95. The standard InChI is InChI=1S/C14H24N4O3S/c1-16-9-13(8-15-16)10-17-6-7-21-14(11-17)4-3-5-18(12-14)22(2,19)20/h8-9H,3-7,10-12H2,1-2H3. The maximum absolute atomic E-state index is 11.8. The van der Waals surface area contributed by atoms with E-state index in [1.54, 1.807) is 8.99 Å². The third-order valence-corrected chi connectivity index (χ3v) is 5.72. The molecule has 0 radical (unpaired) electrons. The van der Waals surface area contributed by atoms with Gasteiger partial charge >= 0.3 is 0 Å². The van der Waals surface area contributed by atoms with Crippen LogP contribution in [0.4, 0.5) is 0 Å². The van der Waals surface area contributed by atoms with Crippen LogP contribution in [-0.2, 0) is 28.4 Å². The van der Waals surface area contributed by atoms with E-state index in [1.165, 1.54) is 11.8 Å². The molecule has 1 unspecified atom stereocenters. The van der Waals surface area contributed by atoms with Gasteiger partial charge in [-0.1, -0.05) is 0 Å². The van der Waals surface area contributed by atoms with Crippen LogP contribution in [0.2, 0.25) is 0 Å². The van der Waals surface area contributed by atoms with E-state index in [2.05, 4.69) is 10.00 Å². The maximum Gasteiger partial charge on any atom is 0.211 e. The Balaban J connectivity index is 1.69. The topological polar surface area (TPSA) is 67.7 Å². The highest BCUT2D eigenvalue weighted by atomic mass is 32.2. The SMILES string of the molecule is Cn1cc(CN2CCOC3(CCCN(S(C)(=O)=O)C3)C2)cn1. The molecule has 1 aromatic rings. The van der Waals surface area contributed by atoms with Gasteiger partial charge in [-0.2, -0.15) is 9.40 Å². The molecule has 0 saturated carbocycles. The number of piperidine rings is 1. The molecule has 0 aromatic carbocycles. The summed E-state index contributed by atoms with van der Waals surface area (Å²) in [7, 11) is -1.24. The zero-order valence-corrected chi connectivity index (χ0v) is 14.0. The summed E-state index contributed by atoms with van der Waals surface area (Å²) in [6, 6.07) is 0. The first-order valence-electron chi connectivity index (χ1n) is 7.65. The van der Waals surface area contributed by atoms with E-state index in [0.29, 0.717) is 19.7 Å². The molecule has 0 bridgehead atoms. The van der Waals surface area contributed by atoms with Gasteiger partial charge in [0.2, 0.25) is 10.0 Å². The van der Waals surface area contributed by atoms with Crippen molar-refractivity contribution in [3.05, 3.63) is 18.0 Å². The number of aromatic nitrogens is 2. The lowest BCUT2D eigenvalue weighted by Crippen LogP contribution is -2.60. The van der Waals surface area contributed by atoms with Crippen LogP contribution in [-0.4, -0.2) is 72.0 Å². The average Bonchev–Trinajstić information content (AvgIpc) is 2.83. The molecular formula is C14H24N4O3S. The van der Waals surface area contributed by atoms with Crippen LogP contribution in [0.3, 0.4) is 0 Å². The molecular weight excluding hydrogens is 304 g/mol. The number of sulfonamides is 1. The van der Waals surface area contributed by atoms with Crippen LogP contribution in [0.25, 0.3) is 0 Å². The van der Waals surface area contributed by atoms with Crippen molar-refractivity contribution in [2.45, 2.75) is 25.0 Å². The Labute approximate surface area is 131 Å². The summed E-state index contributed by atoms with van der Waals surface area (Å²) in [4.78, 5) is 2.34. The second-order valence-electron chi connectivity index (χ2n) is 6.46. The Hall–Kier alpha value is -0.960. The van der Waals surface area contributed by atoms with Crippen LogP contribution in [0.15, 0.2) is 12.4 Å². The molecule has 3 heterocycles. The smallest absolute Gasteiger partial charge is 0.211 e. The van der Waals surface area contributed by atoms with Gasteiger partial charge in [0.25, 0.3) is 0 Å². The van der Waals surface area contributed by atoms with Gasteiger partial charge in [-0.3, -0.25) is 9.58 Å². The first kappa shape index (κ1) is 15.9. The third kappa shape index (κ3) is 3.51. The molecule has 8 heteroatoms. The quantitative estimate of drug-likeness (QED) is 0.784. The van der Waals surface area contributed by atoms with Crippen molar-refractivity contribution >= 4 is 10.0 Å². The van der Waals surface area contributed by atoms with Crippen LogP contribution >= 0.6 is 0 Å². The predicted octanol–water partition coefficient (Wildman–Crippen LogP) is 0.0465. The van der Waals surface area contributed by atoms with Crippen LogP contribution in [0.5, 0.6) is 0 Å². The number of hydrogen-bond acceptors (Lipinski definition) is 5. The lowest BCUT2D eigenvalue weighted by Gasteiger charge is -2.47. The number of ether oxygens (including phenoxy) is 1. The van der Waals surface area contributed by atoms with E-state index < -0.39 is 10.0 Å². The summed E-state index contributed by atoms with van der Waals surface area (Å²) in [5.41, 5.74) is 0.817. The fraction of sp³-hybridized carbons (Fsp3) is 0.786. The summed E-state index contributed by atoms with van der Waals surface area (Å²) in [6.45, 7) is 4.20. The molecule has 0 N–H and O–H groups in total. The van der Waals surface area contributed by atoms with Crippen molar-refractivity contribution in [2.24, 2.45) is 7.05 Å². The van der Waals surface area contributed by atoms with Gasteiger partial charge in [0.1, 0.15) is 0 Å². The van der Waals surface area contributed by atoms with Crippen molar-refractivity contribution in [3.63, 3.8) is 0 Å². The fourth-order valence-corrected chi connectivity index (χ4v) is 4.39. The molecule has 1 aromatic heterocycles. The van der Waals surface area contributed by atoms with Gasteiger partial charge in [-0.25, -0.2) is 8.42 Å². The van der Waals surface area contributed by atoms with E-state index in [9.17, 15) is 8.42 Å². The molecule has 22 heavy (non-hydrogen) atoms. The van der Waals surface area contributed by atoms with Crippen molar-refractivity contribution < 1.29 is 13.2 Å². The molecule has 7 nitrogen and oxygen atoms in total. The molecule has 1 spiro atoms. The van der Waals surface area contributed by atoms with Gasteiger partial charge < -0.3 is 4.74 Å². The van der Waals surface area contributed by atoms with Gasteiger partial charge in [0.05, 0.1) is 24.7 Å². The summed E-state index contributed by atoms with van der Waals surface area (Å²) < 4.78 is 33.1. The fourth-order valence-electron chi connectivity index (χ4n) is 3.46. The summed E-state index contributed by atoms with van der Waals surface area (Å²) >= 11 is 0. The molecule has 3 rings (SSSR count). The number of morpholine rings is 1. The van der Waals surface area contributed by atoms with Crippen LogP contribution < -0.4 is 0 Å². The molecule has 2 saturated heterocycles. The highest BCUT2D eigenvalue weighted by Crippen LogP contribution is 2.30. The Morgan fingerprint density at radius 2 is 2.18 bits per heavy atom. The summed E-state index contributed by atoms with van der Waals surface area (Å²) in [5.74, 6) is 0. The number of aryl methyl sites for hydroxylation is 1. The summed E-state index contributed by atoms with van der Waals surface area (Å²) in [5, 5.41) is 4.20. The molecule has 2 aliphatic rings. The highest BCUT2D eigenvalue weighted by Gasteiger charge is 2.42. The Bertz CT molecular complexity index is 626. The Morgan fingerprint density at radius 1 is 1.36 bits per heavy atom. The molecule has 0 aliphatic carbocycles. The van der Waals surface area contributed by atoms with E-state index in [1.807, 2.05) is 19.4 Å². The predicted molar refractivity (Wildman–Crippen MR) is 82.8 cm³/mol. The zero-order valence-electron chi connectivity index (χ0n) is 13.2. The van der Waals surface area contributed by atoms with E-state index in [4.69, 9.17) is 4.74 Å². The van der Waals surface area contributed by atoms with Crippen molar-refractivity contribution in [3.8, 4) is 0 Å². The average molecular weight is 328 g/mol. The first-order chi connectivity index (χ1) is 10.4. The van der Waals surface area contributed by atoms with Gasteiger partial charge in [-0.15, -0.1) is 0 Å². The number of hydrogen-bond donors (Lipinski definition) is 0. The normalized spacial score (nSPS) is 28.3. The maximum atomic E-state index is 11.8. The minimum absolute atomic E-state index is 0.359. The lowest BCUT2D eigenvalue weighted by molar-refractivity contribution is -0.131. The minimum atomic E-state index is -3.15. The molecule has 2 aliphatic heterocycles. The molecule has 1 atom stereocenters. The van der Waals surface area contributed by atoms with Gasteiger partial charge in [0, 0.05) is 51.5 Å². The third-order valence-electron chi connectivity index (χ3n) is 4.47. The first-order valence-corrected chi connectivity index (χ1v) is 9.50. The Kier molecular flexibility index (Phi) is 4.28. The number of nitrogens with zero attached hydrogens (tertiary/aromatic N) is 4. The number of rotatable bonds is 3. The van der Waals surface area contributed by atoms with Crippen molar-refractivity contribution in [2.75, 3.05) is 39.0 Å². The van der Waals surface area contributed by atoms with Crippen LogP contribution in [0.1, 0.15) is 18.4 Å². The zero-order chi connectivity index (χ0) is 15.8. The monoisotopic (exact) mass is 328 g/mol. The van der Waals surface area contributed by atoms with Crippen LogP contribution in [0, 0.1) is 0 Å².